The molecule has 0 aromatic carbocycles. The third kappa shape index (κ3) is 3.05. The van der Waals surface area contributed by atoms with Gasteiger partial charge in [-0.3, -0.25) is 4.79 Å². The SMILES string of the molecule is O=C(CNCCc1ncon1)N1CCc2sccc2C1. The number of carbonyl (C=O) groups is 1. The Balaban J connectivity index is 1.41. The molecule has 0 fully saturated rings. The Labute approximate surface area is 120 Å². The molecule has 0 spiro atoms. The van der Waals surface area contributed by atoms with Crippen LogP contribution in [-0.2, 0) is 24.2 Å². The maximum Gasteiger partial charge on any atom is 0.236 e. The fraction of sp³-hybridized carbons (Fsp3) is 0.462. The number of fused-ring (bicyclic) bond motifs is 1. The van der Waals surface area contributed by atoms with Crippen LogP contribution in [0.4, 0.5) is 0 Å². The molecule has 3 rings (SSSR count). The van der Waals surface area contributed by atoms with Crippen LogP contribution in [0.3, 0.4) is 0 Å². The molecule has 0 saturated carbocycles. The fourth-order valence-corrected chi connectivity index (χ4v) is 3.16. The molecule has 106 valence electrons. The summed E-state index contributed by atoms with van der Waals surface area (Å²) in [6.45, 7) is 2.59. The van der Waals surface area contributed by atoms with Crippen LogP contribution in [0.1, 0.15) is 16.3 Å². The van der Waals surface area contributed by atoms with E-state index >= 15 is 0 Å². The predicted octanol–water partition coefficient (Wildman–Crippen LogP) is 0.848. The van der Waals surface area contributed by atoms with E-state index in [0.717, 1.165) is 19.5 Å². The summed E-state index contributed by atoms with van der Waals surface area (Å²) in [5.74, 6) is 0.806. The number of nitrogens with zero attached hydrogens (tertiary/aromatic N) is 3. The second kappa shape index (κ2) is 6.15. The van der Waals surface area contributed by atoms with Gasteiger partial charge in [0.25, 0.3) is 0 Å². The van der Waals surface area contributed by atoms with Crippen LogP contribution in [0.2, 0.25) is 0 Å². The molecule has 20 heavy (non-hydrogen) atoms. The van der Waals surface area contributed by atoms with Crippen molar-refractivity contribution in [2.45, 2.75) is 19.4 Å². The van der Waals surface area contributed by atoms with Gasteiger partial charge in [-0.15, -0.1) is 11.3 Å². The minimum atomic E-state index is 0.148. The number of nitrogens with one attached hydrogen (secondary N) is 1. The molecule has 0 unspecified atom stereocenters. The Morgan fingerprint density at radius 1 is 1.55 bits per heavy atom. The molecule has 1 aliphatic heterocycles. The summed E-state index contributed by atoms with van der Waals surface area (Å²) in [5, 5.41) is 8.95. The molecule has 1 N–H and O–H groups in total. The number of hydrogen-bond donors (Lipinski definition) is 1. The fourth-order valence-electron chi connectivity index (χ4n) is 2.27. The Hall–Kier alpha value is -1.73. The van der Waals surface area contributed by atoms with Crippen LogP contribution in [0, 0.1) is 0 Å². The summed E-state index contributed by atoms with van der Waals surface area (Å²) in [5.41, 5.74) is 1.29. The molecule has 2 aromatic rings. The average Bonchev–Trinajstić information content (AvgIpc) is 3.13. The van der Waals surface area contributed by atoms with Crippen molar-refractivity contribution in [2.75, 3.05) is 19.6 Å². The van der Waals surface area contributed by atoms with Gasteiger partial charge in [0.2, 0.25) is 12.3 Å². The van der Waals surface area contributed by atoms with E-state index in [0.29, 0.717) is 25.3 Å². The summed E-state index contributed by atoms with van der Waals surface area (Å²) in [6, 6.07) is 2.11. The highest BCUT2D eigenvalue weighted by molar-refractivity contribution is 7.10. The first-order valence-electron chi connectivity index (χ1n) is 6.62. The van der Waals surface area contributed by atoms with Gasteiger partial charge in [0.05, 0.1) is 6.54 Å². The van der Waals surface area contributed by atoms with Crippen LogP contribution in [0.15, 0.2) is 22.4 Å². The Morgan fingerprint density at radius 3 is 3.35 bits per heavy atom. The zero-order valence-electron chi connectivity index (χ0n) is 11.0. The Kier molecular flexibility index (Phi) is 4.08. The lowest BCUT2D eigenvalue weighted by molar-refractivity contribution is -0.131. The molecule has 0 saturated heterocycles. The van der Waals surface area contributed by atoms with E-state index in [1.807, 2.05) is 4.90 Å². The van der Waals surface area contributed by atoms with Crippen LogP contribution in [0.5, 0.6) is 0 Å². The monoisotopic (exact) mass is 292 g/mol. The summed E-state index contributed by atoms with van der Waals surface area (Å²) < 4.78 is 4.65. The van der Waals surface area contributed by atoms with E-state index in [9.17, 15) is 4.79 Å². The highest BCUT2D eigenvalue weighted by atomic mass is 32.1. The molecule has 3 heterocycles. The molecule has 7 heteroatoms. The van der Waals surface area contributed by atoms with Gasteiger partial charge in [-0.1, -0.05) is 5.16 Å². The van der Waals surface area contributed by atoms with Crippen molar-refractivity contribution < 1.29 is 9.32 Å². The van der Waals surface area contributed by atoms with Crippen molar-refractivity contribution in [3.63, 3.8) is 0 Å². The maximum atomic E-state index is 12.1. The summed E-state index contributed by atoms with van der Waals surface area (Å²) in [6.07, 6.45) is 2.95. The van der Waals surface area contributed by atoms with Crippen LogP contribution >= 0.6 is 11.3 Å². The summed E-state index contributed by atoms with van der Waals surface area (Å²) >= 11 is 1.78. The van der Waals surface area contributed by atoms with E-state index in [1.165, 1.54) is 16.8 Å². The smallest absolute Gasteiger partial charge is 0.236 e. The molecular formula is C13H16N4O2S. The van der Waals surface area contributed by atoms with Crippen molar-refractivity contribution in [3.8, 4) is 0 Å². The first-order chi connectivity index (χ1) is 9.83. The minimum Gasteiger partial charge on any atom is -0.343 e. The molecule has 0 radical (unpaired) electrons. The Bertz CT molecular complexity index is 567. The number of rotatable bonds is 5. The van der Waals surface area contributed by atoms with Gasteiger partial charge in [-0.05, 0) is 23.4 Å². The van der Waals surface area contributed by atoms with E-state index in [1.54, 1.807) is 11.3 Å². The maximum absolute atomic E-state index is 12.1. The van der Waals surface area contributed by atoms with Gasteiger partial charge in [0.15, 0.2) is 5.82 Å². The molecule has 0 aliphatic carbocycles. The summed E-state index contributed by atoms with van der Waals surface area (Å²) in [7, 11) is 0. The lowest BCUT2D eigenvalue weighted by Crippen LogP contribution is -2.41. The van der Waals surface area contributed by atoms with Crippen LogP contribution in [0.25, 0.3) is 0 Å². The van der Waals surface area contributed by atoms with Crippen molar-refractivity contribution in [2.24, 2.45) is 0 Å². The Morgan fingerprint density at radius 2 is 2.50 bits per heavy atom. The van der Waals surface area contributed by atoms with Gasteiger partial charge in [0.1, 0.15) is 0 Å². The third-order valence-electron chi connectivity index (χ3n) is 3.37. The largest absolute Gasteiger partial charge is 0.343 e. The lowest BCUT2D eigenvalue weighted by Gasteiger charge is -2.27. The quantitative estimate of drug-likeness (QED) is 0.827. The topological polar surface area (TPSA) is 71.3 Å². The number of amides is 1. The molecule has 0 bridgehead atoms. The van der Waals surface area contributed by atoms with Crippen LogP contribution < -0.4 is 5.32 Å². The number of carbonyl (C=O) groups excluding carboxylic acids is 1. The number of thiophene rings is 1. The minimum absolute atomic E-state index is 0.148. The van der Waals surface area contributed by atoms with Gasteiger partial charge >= 0.3 is 0 Å². The normalized spacial score (nSPS) is 14.3. The first kappa shape index (κ1) is 13.3. The average molecular weight is 292 g/mol. The molecule has 0 atom stereocenters. The highest BCUT2D eigenvalue weighted by Crippen LogP contribution is 2.23. The predicted molar refractivity (Wildman–Crippen MR) is 74.3 cm³/mol. The standard InChI is InChI=1S/C13H16N4O2S/c18-13(7-14-4-1-12-15-9-19-16-12)17-5-2-11-10(8-17)3-6-20-11/h3,6,9,14H,1-2,4-5,7-8H2. The third-order valence-corrected chi connectivity index (χ3v) is 4.39. The van der Waals surface area contributed by atoms with Gasteiger partial charge < -0.3 is 14.7 Å². The van der Waals surface area contributed by atoms with Crippen LogP contribution in [-0.4, -0.2) is 40.6 Å². The first-order valence-corrected chi connectivity index (χ1v) is 7.50. The number of aromatic nitrogens is 2. The van der Waals surface area contributed by atoms with Crippen molar-refractivity contribution in [1.29, 1.82) is 0 Å². The van der Waals surface area contributed by atoms with Gasteiger partial charge in [0, 0.05) is 30.9 Å². The summed E-state index contributed by atoms with van der Waals surface area (Å²) in [4.78, 5) is 19.4. The lowest BCUT2D eigenvalue weighted by atomic mass is 10.1. The van der Waals surface area contributed by atoms with Crippen molar-refractivity contribution in [1.82, 2.24) is 20.4 Å². The zero-order valence-corrected chi connectivity index (χ0v) is 11.9. The van der Waals surface area contributed by atoms with Crippen molar-refractivity contribution >= 4 is 17.2 Å². The van der Waals surface area contributed by atoms with Gasteiger partial charge in [-0.25, -0.2) is 0 Å². The van der Waals surface area contributed by atoms with E-state index in [2.05, 4.69) is 31.4 Å². The van der Waals surface area contributed by atoms with E-state index in [-0.39, 0.29) is 5.91 Å². The van der Waals surface area contributed by atoms with E-state index in [4.69, 9.17) is 0 Å². The molecule has 1 amide bonds. The van der Waals surface area contributed by atoms with Crippen molar-refractivity contribution in [3.05, 3.63) is 34.1 Å². The molecule has 2 aromatic heterocycles. The zero-order chi connectivity index (χ0) is 13.8. The molecular weight excluding hydrogens is 276 g/mol. The van der Waals surface area contributed by atoms with E-state index < -0.39 is 0 Å². The number of hydrogen-bond acceptors (Lipinski definition) is 6. The highest BCUT2D eigenvalue weighted by Gasteiger charge is 2.20. The molecule has 1 aliphatic rings. The second-order valence-corrected chi connectivity index (χ2v) is 5.71. The van der Waals surface area contributed by atoms with Gasteiger partial charge in [-0.2, -0.15) is 4.98 Å². The second-order valence-electron chi connectivity index (χ2n) is 4.71. The molecule has 6 nitrogen and oxygen atoms in total.